The lowest BCUT2D eigenvalue weighted by molar-refractivity contribution is 0.102. The summed E-state index contributed by atoms with van der Waals surface area (Å²) >= 11 is 0. The van der Waals surface area contributed by atoms with E-state index in [9.17, 15) is 4.79 Å². The molecular formula is C23H33N5O2Si. The van der Waals surface area contributed by atoms with E-state index in [1.165, 1.54) is 12.1 Å². The molecule has 2 saturated heterocycles. The summed E-state index contributed by atoms with van der Waals surface area (Å²) in [4.78, 5) is 22.5. The van der Waals surface area contributed by atoms with Gasteiger partial charge in [0.25, 0.3) is 5.91 Å². The highest BCUT2D eigenvalue weighted by molar-refractivity contribution is 6.77. The number of carbonyl (C=O) groups is 1. The maximum atomic E-state index is 13.2. The van der Waals surface area contributed by atoms with Crippen LogP contribution in [-0.2, 0) is 4.74 Å². The first-order valence-electron chi connectivity index (χ1n) is 11.1. The minimum Gasteiger partial charge on any atom is -0.399 e. The van der Waals surface area contributed by atoms with Gasteiger partial charge in [0, 0.05) is 31.9 Å². The normalized spacial score (nSPS) is 18.7. The Balaban J connectivity index is 1.55. The summed E-state index contributed by atoms with van der Waals surface area (Å²) in [6, 6.07) is 11.9. The zero-order chi connectivity index (χ0) is 22.0. The highest BCUT2D eigenvalue weighted by Crippen LogP contribution is 2.31. The van der Waals surface area contributed by atoms with Gasteiger partial charge in [-0.25, -0.2) is 4.98 Å². The number of rotatable bonds is 4. The number of morpholine rings is 1. The summed E-state index contributed by atoms with van der Waals surface area (Å²) in [5.41, 5.74) is 9.41. The molecule has 0 bridgehead atoms. The first kappa shape index (κ1) is 21.6. The molecule has 2 aliphatic rings. The third-order valence-corrected chi connectivity index (χ3v) is 9.50. The van der Waals surface area contributed by atoms with Crippen molar-refractivity contribution in [1.29, 1.82) is 0 Å². The molecule has 1 aromatic carbocycles. The fourth-order valence-electron chi connectivity index (χ4n) is 4.22. The summed E-state index contributed by atoms with van der Waals surface area (Å²) in [6.45, 7) is 11.9. The number of aryl methyl sites for hydroxylation is 1. The lowest BCUT2D eigenvalue weighted by Crippen LogP contribution is -2.43. The van der Waals surface area contributed by atoms with Crippen LogP contribution in [0.15, 0.2) is 30.3 Å². The zero-order valence-corrected chi connectivity index (χ0v) is 19.8. The molecule has 4 rings (SSSR count). The van der Waals surface area contributed by atoms with Crippen LogP contribution in [0.3, 0.4) is 0 Å². The van der Waals surface area contributed by atoms with E-state index in [4.69, 9.17) is 15.5 Å². The molecule has 2 aromatic rings. The molecule has 0 saturated carbocycles. The van der Waals surface area contributed by atoms with Gasteiger partial charge in [-0.15, -0.1) is 0 Å². The molecule has 0 aliphatic carbocycles. The Labute approximate surface area is 185 Å². The largest absolute Gasteiger partial charge is 0.399 e. The number of aromatic nitrogens is 1. The van der Waals surface area contributed by atoms with E-state index in [-0.39, 0.29) is 5.91 Å². The van der Waals surface area contributed by atoms with Crippen LogP contribution < -0.4 is 20.9 Å². The molecule has 7 nitrogen and oxygen atoms in total. The number of amides is 1. The first-order chi connectivity index (χ1) is 14.8. The van der Waals surface area contributed by atoms with Gasteiger partial charge < -0.3 is 25.6 Å². The topological polar surface area (TPSA) is 83.7 Å². The Morgan fingerprint density at radius 1 is 1.06 bits per heavy atom. The second kappa shape index (κ2) is 8.88. The van der Waals surface area contributed by atoms with Gasteiger partial charge in [-0.1, -0.05) is 19.2 Å². The molecule has 0 atom stereocenters. The number of nitrogens with one attached hydrogen (secondary N) is 1. The van der Waals surface area contributed by atoms with E-state index < -0.39 is 8.07 Å². The van der Waals surface area contributed by atoms with Crippen LogP contribution in [0.1, 0.15) is 15.9 Å². The third kappa shape index (κ3) is 5.02. The average Bonchev–Trinajstić information content (AvgIpc) is 2.75. The first-order valence-corrected chi connectivity index (χ1v) is 14.5. The van der Waals surface area contributed by atoms with Gasteiger partial charge in [-0.05, 0) is 48.8 Å². The highest BCUT2D eigenvalue weighted by Gasteiger charge is 2.29. The Bertz CT molecular complexity index is 949. The molecule has 1 aromatic heterocycles. The van der Waals surface area contributed by atoms with Crippen molar-refractivity contribution in [1.82, 2.24) is 4.98 Å². The SMILES string of the molecule is Cc1ccc(NC(=O)c2ccc(N)cc2N2CC[Si](C)(C)CC2)nc1N1CCOCC1. The number of carbonyl (C=O) groups excluding carboxylic acids is 1. The molecule has 2 aliphatic heterocycles. The summed E-state index contributed by atoms with van der Waals surface area (Å²) < 4.78 is 5.46. The van der Waals surface area contributed by atoms with Crippen molar-refractivity contribution in [2.45, 2.75) is 32.1 Å². The monoisotopic (exact) mass is 439 g/mol. The number of anilines is 4. The summed E-state index contributed by atoms with van der Waals surface area (Å²) in [5.74, 6) is 1.32. The standard InChI is InChI=1S/C23H33N5O2Si/c1-17-4-7-21(25-22(17)28-8-12-30-13-9-28)26-23(29)19-6-5-18(24)16-20(19)27-10-14-31(2,3)15-11-27/h4-7,16H,8-15,24H2,1-3H3,(H,25,26,29). The number of hydrogen-bond acceptors (Lipinski definition) is 6. The molecule has 3 heterocycles. The van der Waals surface area contributed by atoms with Crippen molar-refractivity contribution in [3.8, 4) is 0 Å². The van der Waals surface area contributed by atoms with Crippen molar-refractivity contribution in [3.05, 3.63) is 41.5 Å². The molecule has 166 valence electrons. The van der Waals surface area contributed by atoms with Crippen molar-refractivity contribution in [2.75, 3.05) is 60.2 Å². The molecule has 31 heavy (non-hydrogen) atoms. The van der Waals surface area contributed by atoms with Gasteiger partial charge in [-0.2, -0.15) is 0 Å². The van der Waals surface area contributed by atoms with Crippen LogP contribution in [0.5, 0.6) is 0 Å². The molecule has 8 heteroatoms. The van der Waals surface area contributed by atoms with Crippen LogP contribution in [0.25, 0.3) is 0 Å². The van der Waals surface area contributed by atoms with E-state index in [2.05, 4.69) is 28.2 Å². The van der Waals surface area contributed by atoms with Crippen LogP contribution in [0.4, 0.5) is 23.0 Å². The Morgan fingerprint density at radius 2 is 1.77 bits per heavy atom. The molecule has 0 radical (unpaired) electrons. The minimum atomic E-state index is -1.11. The quantitative estimate of drug-likeness (QED) is 0.560. The fraction of sp³-hybridized carbons (Fsp3) is 0.478. The predicted octanol–water partition coefficient (Wildman–Crippen LogP) is 3.59. The van der Waals surface area contributed by atoms with Gasteiger partial charge in [0.1, 0.15) is 11.6 Å². The number of ether oxygens (including phenoxy) is 1. The molecule has 3 N–H and O–H groups in total. The molecule has 2 fully saturated rings. The van der Waals surface area contributed by atoms with E-state index in [1.807, 2.05) is 31.2 Å². The average molecular weight is 440 g/mol. The number of nitrogen functional groups attached to an aromatic ring is 1. The second-order valence-electron chi connectivity index (χ2n) is 9.32. The number of hydrogen-bond donors (Lipinski definition) is 2. The van der Waals surface area contributed by atoms with E-state index >= 15 is 0 Å². The molecule has 0 spiro atoms. The number of benzene rings is 1. The van der Waals surface area contributed by atoms with Gasteiger partial charge in [-0.3, -0.25) is 4.79 Å². The van der Waals surface area contributed by atoms with E-state index in [0.717, 1.165) is 43.2 Å². The van der Waals surface area contributed by atoms with Crippen LogP contribution in [0.2, 0.25) is 25.2 Å². The zero-order valence-electron chi connectivity index (χ0n) is 18.8. The van der Waals surface area contributed by atoms with Gasteiger partial charge in [0.15, 0.2) is 0 Å². The lowest BCUT2D eigenvalue weighted by Gasteiger charge is -2.37. The van der Waals surface area contributed by atoms with Gasteiger partial charge in [0.05, 0.1) is 32.5 Å². The van der Waals surface area contributed by atoms with Crippen molar-refractivity contribution in [3.63, 3.8) is 0 Å². The summed E-state index contributed by atoms with van der Waals surface area (Å²) in [7, 11) is -1.11. The Morgan fingerprint density at radius 3 is 2.48 bits per heavy atom. The van der Waals surface area contributed by atoms with Crippen LogP contribution in [0, 0.1) is 6.92 Å². The molecule has 0 unspecified atom stereocenters. The lowest BCUT2D eigenvalue weighted by atomic mass is 10.1. The van der Waals surface area contributed by atoms with Crippen molar-refractivity contribution < 1.29 is 9.53 Å². The van der Waals surface area contributed by atoms with E-state index in [1.54, 1.807) is 6.07 Å². The maximum Gasteiger partial charge on any atom is 0.258 e. The summed E-state index contributed by atoms with van der Waals surface area (Å²) in [5, 5.41) is 3.01. The fourth-order valence-corrected chi connectivity index (χ4v) is 6.22. The number of nitrogens with two attached hydrogens (primary N) is 1. The summed E-state index contributed by atoms with van der Waals surface area (Å²) in [6.07, 6.45) is 0. The Hall–Kier alpha value is -2.58. The van der Waals surface area contributed by atoms with Gasteiger partial charge >= 0.3 is 0 Å². The number of pyridine rings is 1. The van der Waals surface area contributed by atoms with Crippen molar-refractivity contribution in [2.24, 2.45) is 0 Å². The maximum absolute atomic E-state index is 13.2. The number of nitrogens with zero attached hydrogens (tertiary/aromatic N) is 3. The van der Waals surface area contributed by atoms with Crippen LogP contribution in [-0.4, -0.2) is 58.4 Å². The van der Waals surface area contributed by atoms with E-state index in [0.29, 0.717) is 30.3 Å². The molecule has 1 amide bonds. The smallest absolute Gasteiger partial charge is 0.258 e. The predicted molar refractivity (Wildman–Crippen MR) is 130 cm³/mol. The van der Waals surface area contributed by atoms with Crippen molar-refractivity contribution >= 4 is 37.0 Å². The Kier molecular flexibility index (Phi) is 6.20. The minimum absolute atomic E-state index is 0.152. The second-order valence-corrected chi connectivity index (χ2v) is 14.6. The highest BCUT2D eigenvalue weighted by atomic mass is 28.3. The molecular weight excluding hydrogens is 406 g/mol. The van der Waals surface area contributed by atoms with Gasteiger partial charge in [0.2, 0.25) is 0 Å². The van der Waals surface area contributed by atoms with Crippen LogP contribution >= 0.6 is 0 Å². The third-order valence-electron chi connectivity index (χ3n) is 6.35.